The molecule has 0 saturated heterocycles. The van der Waals surface area contributed by atoms with Crippen LogP contribution in [0.15, 0.2) is 42.7 Å². The molecule has 1 aromatic heterocycles. The van der Waals surface area contributed by atoms with Crippen LogP contribution in [0.4, 0.5) is 0 Å². The predicted molar refractivity (Wildman–Crippen MR) is 62.1 cm³/mol. The Bertz CT molecular complexity index is 526. The number of aromatic nitrogens is 1. The normalized spacial score (nSPS) is 19.9. The van der Waals surface area contributed by atoms with Crippen molar-refractivity contribution < 1.29 is 28.7 Å². The second-order valence-corrected chi connectivity index (χ2v) is 4.02. The maximum absolute atomic E-state index is 12.9. The third-order valence-corrected chi connectivity index (χ3v) is 3.10. The molecule has 1 aliphatic carbocycles. The van der Waals surface area contributed by atoms with Crippen LogP contribution >= 0.6 is 0 Å². The third-order valence-electron chi connectivity index (χ3n) is 3.10. The molecular weight excluding hydrogens is 221 g/mol. The van der Waals surface area contributed by atoms with Gasteiger partial charge in [-0.3, -0.25) is 4.98 Å². The average molecular weight is 233 g/mol. The van der Waals surface area contributed by atoms with Gasteiger partial charge >= 0.3 is 18.9 Å². The summed E-state index contributed by atoms with van der Waals surface area (Å²) in [5, 5.41) is 12.9. The van der Waals surface area contributed by atoms with Gasteiger partial charge in [0.25, 0.3) is 0 Å². The van der Waals surface area contributed by atoms with Crippen LogP contribution in [0.1, 0.15) is 18.1 Å². The minimum absolute atomic E-state index is 0. The first-order valence-corrected chi connectivity index (χ1v) is 5.66. The smallest absolute Gasteiger partial charge is 0.821 e. The summed E-state index contributed by atoms with van der Waals surface area (Å²) < 4.78 is 5.45. The molecule has 4 heteroatoms. The molecule has 1 aliphatic rings. The number of pyridine rings is 1. The number of rotatable bonds is 2. The number of hydrogen-bond donors (Lipinski definition) is 0. The van der Waals surface area contributed by atoms with Gasteiger partial charge in [0.2, 0.25) is 0 Å². The Hall–Kier alpha value is -1.11. The van der Waals surface area contributed by atoms with E-state index in [1.54, 1.807) is 12.4 Å². The molecule has 0 aliphatic heterocycles. The number of fused-ring (bicyclic) bond motifs is 3. The van der Waals surface area contributed by atoms with Crippen LogP contribution in [0.2, 0.25) is 0 Å². The second kappa shape index (κ2) is 4.87. The third kappa shape index (κ3) is 1.72. The van der Waals surface area contributed by atoms with Gasteiger partial charge in [-0.1, -0.05) is 24.3 Å². The summed E-state index contributed by atoms with van der Waals surface area (Å²) in [4.78, 5) is 4.04. The van der Waals surface area contributed by atoms with E-state index in [4.69, 9.17) is 4.74 Å². The maximum Gasteiger partial charge on any atom is 1.00 e. The van der Waals surface area contributed by atoms with Gasteiger partial charge in [-0.05, 0) is 35.2 Å². The zero-order valence-corrected chi connectivity index (χ0v) is 10.5. The van der Waals surface area contributed by atoms with Crippen molar-refractivity contribution in [3.05, 3.63) is 53.9 Å². The predicted octanol–water partition coefficient (Wildman–Crippen LogP) is -1.34. The monoisotopic (exact) mass is 233 g/mol. The van der Waals surface area contributed by atoms with E-state index in [2.05, 4.69) is 4.98 Å². The molecule has 18 heavy (non-hydrogen) atoms. The second-order valence-electron chi connectivity index (χ2n) is 4.02. The van der Waals surface area contributed by atoms with Crippen LogP contribution < -0.4 is 24.0 Å². The van der Waals surface area contributed by atoms with Gasteiger partial charge in [0.15, 0.2) is 0 Å². The first-order chi connectivity index (χ1) is 8.27. The van der Waals surface area contributed by atoms with Crippen molar-refractivity contribution in [1.82, 2.24) is 4.98 Å². The van der Waals surface area contributed by atoms with Crippen LogP contribution in [0.25, 0.3) is 11.1 Å². The Morgan fingerprint density at radius 1 is 1.17 bits per heavy atom. The van der Waals surface area contributed by atoms with Gasteiger partial charge in [0, 0.05) is 24.8 Å². The quantitative estimate of drug-likeness (QED) is 0.476. The molecule has 0 fully saturated rings. The average Bonchev–Trinajstić information content (AvgIpc) is 2.62. The Kier molecular flexibility index (Phi) is 3.60. The summed E-state index contributed by atoms with van der Waals surface area (Å²) in [6, 6.07) is 9.45. The van der Waals surface area contributed by atoms with E-state index in [9.17, 15) is 5.11 Å². The van der Waals surface area contributed by atoms with E-state index in [0.29, 0.717) is 17.7 Å². The first-order valence-electron chi connectivity index (χ1n) is 5.66. The minimum atomic E-state index is -1.60. The molecule has 0 N–H and O–H groups in total. The summed E-state index contributed by atoms with van der Waals surface area (Å²) in [7, 11) is 0. The Morgan fingerprint density at radius 2 is 1.89 bits per heavy atom. The molecule has 2 aromatic rings. The molecule has 0 saturated carbocycles. The van der Waals surface area contributed by atoms with Crippen molar-refractivity contribution in [3.8, 4) is 11.1 Å². The SMILES string of the molecule is CCOC1([O-])c2ccccc2-c2ccncc21.[Li+]. The minimum Gasteiger partial charge on any atom is -0.821 e. The van der Waals surface area contributed by atoms with E-state index >= 15 is 0 Å². The first kappa shape index (κ1) is 13.3. The van der Waals surface area contributed by atoms with Crippen molar-refractivity contribution in [2.75, 3.05) is 6.61 Å². The van der Waals surface area contributed by atoms with Crippen LogP contribution in [-0.2, 0) is 10.5 Å². The van der Waals surface area contributed by atoms with Crippen molar-refractivity contribution in [1.29, 1.82) is 0 Å². The fourth-order valence-corrected chi connectivity index (χ4v) is 2.40. The Labute approximate surface area is 118 Å². The summed E-state index contributed by atoms with van der Waals surface area (Å²) in [6.45, 7) is 2.21. The van der Waals surface area contributed by atoms with Gasteiger partial charge in [-0.2, -0.15) is 0 Å². The van der Waals surface area contributed by atoms with Crippen molar-refractivity contribution in [2.24, 2.45) is 0 Å². The summed E-state index contributed by atoms with van der Waals surface area (Å²) in [5.74, 6) is -1.60. The summed E-state index contributed by atoms with van der Waals surface area (Å²) >= 11 is 0. The van der Waals surface area contributed by atoms with Gasteiger partial charge in [0.1, 0.15) is 0 Å². The molecule has 86 valence electrons. The van der Waals surface area contributed by atoms with Crippen LogP contribution in [-0.4, -0.2) is 11.6 Å². The fourth-order valence-electron chi connectivity index (χ4n) is 2.40. The topological polar surface area (TPSA) is 45.2 Å². The Morgan fingerprint density at radius 3 is 2.67 bits per heavy atom. The van der Waals surface area contributed by atoms with Crippen molar-refractivity contribution in [2.45, 2.75) is 12.7 Å². The maximum atomic E-state index is 12.9. The molecule has 1 heterocycles. The van der Waals surface area contributed by atoms with E-state index in [1.165, 1.54) is 0 Å². The molecule has 1 atom stereocenters. The number of hydrogen-bond acceptors (Lipinski definition) is 3. The fraction of sp³-hybridized carbons (Fsp3) is 0.214. The van der Waals surface area contributed by atoms with Crippen LogP contribution in [0.5, 0.6) is 0 Å². The zero-order valence-electron chi connectivity index (χ0n) is 10.5. The van der Waals surface area contributed by atoms with Gasteiger partial charge < -0.3 is 9.84 Å². The summed E-state index contributed by atoms with van der Waals surface area (Å²) in [6.07, 6.45) is 3.31. The molecule has 0 spiro atoms. The number of benzene rings is 1. The molecule has 3 nitrogen and oxygen atoms in total. The van der Waals surface area contributed by atoms with E-state index in [-0.39, 0.29) is 18.9 Å². The van der Waals surface area contributed by atoms with E-state index < -0.39 is 5.79 Å². The van der Waals surface area contributed by atoms with Gasteiger partial charge in [0.05, 0.1) is 0 Å². The zero-order chi connectivity index (χ0) is 11.9. The van der Waals surface area contributed by atoms with Gasteiger partial charge in [-0.25, -0.2) is 0 Å². The number of nitrogens with zero attached hydrogens (tertiary/aromatic N) is 1. The van der Waals surface area contributed by atoms with E-state index in [1.807, 2.05) is 37.3 Å². The largest absolute Gasteiger partial charge is 1.00 e. The van der Waals surface area contributed by atoms with Crippen molar-refractivity contribution in [3.63, 3.8) is 0 Å². The molecule has 3 rings (SSSR count). The van der Waals surface area contributed by atoms with Crippen LogP contribution in [0.3, 0.4) is 0 Å². The Balaban J connectivity index is 0.00000120. The van der Waals surface area contributed by atoms with Crippen molar-refractivity contribution >= 4 is 0 Å². The molecule has 0 bridgehead atoms. The molecule has 1 unspecified atom stereocenters. The summed E-state index contributed by atoms with van der Waals surface area (Å²) in [5.41, 5.74) is 3.18. The van der Waals surface area contributed by atoms with Crippen LogP contribution in [0, 0.1) is 0 Å². The standard InChI is InChI=1S/C14H12NO2.Li/c1-2-17-14(16)12-6-4-3-5-10(12)11-7-8-15-9-13(11)14;/h3-9H,2H2,1H3;/q-1;+1. The van der Waals surface area contributed by atoms with E-state index in [0.717, 1.165) is 11.1 Å². The molecule has 1 aromatic carbocycles. The molecule has 0 radical (unpaired) electrons. The molecule has 0 amide bonds. The molecular formula is C14H12LiNO2. The number of ether oxygens (including phenoxy) is 1. The van der Waals surface area contributed by atoms with Gasteiger partial charge in [-0.15, -0.1) is 0 Å².